The van der Waals surface area contributed by atoms with E-state index in [0.29, 0.717) is 0 Å². The molecule has 1 N–H and O–H groups in total. The molecule has 1 heterocycles. The van der Waals surface area contributed by atoms with Crippen molar-refractivity contribution in [3.63, 3.8) is 0 Å². The Kier molecular flexibility index (Phi) is 6.36. The van der Waals surface area contributed by atoms with Crippen molar-refractivity contribution in [3.05, 3.63) is 0 Å². The summed E-state index contributed by atoms with van der Waals surface area (Å²) in [4.78, 5) is 26.2. The smallest absolute Gasteiger partial charge is 0.241 e. The summed E-state index contributed by atoms with van der Waals surface area (Å²) in [6, 6.07) is 0. The summed E-state index contributed by atoms with van der Waals surface area (Å²) >= 11 is 0. The average Bonchev–Trinajstić information content (AvgIpc) is 2.68. The third-order valence-corrected chi connectivity index (χ3v) is 2.66. The molecule has 16 heavy (non-hydrogen) atoms. The molecule has 0 aromatic rings. The number of hydrogen-bond acceptors (Lipinski definition) is 3. The number of carbonyl (C=O) groups excluding carboxylic acids is 2. The number of nitrogens with zero attached hydrogens (tertiary/aromatic N) is 2. The van der Waals surface area contributed by atoms with Gasteiger partial charge < -0.3 is 15.1 Å². The van der Waals surface area contributed by atoms with Gasteiger partial charge in [0.25, 0.3) is 0 Å². The quantitative estimate of drug-likeness (QED) is 0.738. The predicted octanol–water partition coefficient (Wildman–Crippen LogP) is -0.436. The SMILES string of the molecule is CN(C)C(=O)CN(C)C(=O)C1CCNC1.Cl. The van der Waals surface area contributed by atoms with Crippen molar-refractivity contribution in [2.45, 2.75) is 6.42 Å². The molecule has 0 saturated carbocycles. The topological polar surface area (TPSA) is 52.7 Å². The molecule has 0 bridgehead atoms. The van der Waals surface area contributed by atoms with E-state index in [1.54, 1.807) is 21.1 Å². The molecule has 0 aromatic heterocycles. The normalized spacial score (nSPS) is 18.8. The molecule has 6 heteroatoms. The molecule has 0 aromatic carbocycles. The molecule has 1 fully saturated rings. The summed E-state index contributed by atoms with van der Waals surface area (Å²) in [5.41, 5.74) is 0. The van der Waals surface area contributed by atoms with Crippen LogP contribution in [0.25, 0.3) is 0 Å². The fourth-order valence-electron chi connectivity index (χ4n) is 1.60. The largest absolute Gasteiger partial charge is 0.347 e. The maximum Gasteiger partial charge on any atom is 0.241 e. The second-order valence-electron chi connectivity index (χ2n) is 4.17. The van der Waals surface area contributed by atoms with Crippen LogP contribution < -0.4 is 5.32 Å². The molecule has 1 saturated heterocycles. The van der Waals surface area contributed by atoms with Gasteiger partial charge in [-0.05, 0) is 13.0 Å². The van der Waals surface area contributed by atoms with E-state index in [1.165, 1.54) is 9.80 Å². The summed E-state index contributed by atoms with van der Waals surface area (Å²) < 4.78 is 0. The van der Waals surface area contributed by atoms with E-state index >= 15 is 0 Å². The van der Waals surface area contributed by atoms with Gasteiger partial charge in [-0.15, -0.1) is 12.4 Å². The van der Waals surface area contributed by atoms with Crippen molar-refractivity contribution in [1.29, 1.82) is 0 Å². The van der Waals surface area contributed by atoms with Gasteiger partial charge in [-0.25, -0.2) is 0 Å². The Balaban J connectivity index is 0.00000225. The molecule has 0 radical (unpaired) electrons. The van der Waals surface area contributed by atoms with Gasteiger partial charge in [-0.3, -0.25) is 9.59 Å². The zero-order valence-electron chi connectivity index (χ0n) is 10.0. The van der Waals surface area contributed by atoms with Crippen molar-refractivity contribution >= 4 is 24.2 Å². The molecule has 94 valence electrons. The molecule has 0 spiro atoms. The minimum absolute atomic E-state index is 0. The number of carbonyl (C=O) groups is 2. The Morgan fingerprint density at radius 2 is 1.94 bits per heavy atom. The molecular weight excluding hydrogens is 230 g/mol. The van der Waals surface area contributed by atoms with Crippen molar-refractivity contribution in [1.82, 2.24) is 15.1 Å². The van der Waals surface area contributed by atoms with E-state index in [1.807, 2.05) is 0 Å². The van der Waals surface area contributed by atoms with Crippen LogP contribution in [-0.2, 0) is 9.59 Å². The molecular formula is C10H20ClN3O2. The Bertz CT molecular complexity index is 252. The van der Waals surface area contributed by atoms with Crippen LogP contribution in [0.2, 0.25) is 0 Å². The summed E-state index contributed by atoms with van der Waals surface area (Å²) in [6.45, 7) is 1.80. The van der Waals surface area contributed by atoms with E-state index in [0.717, 1.165) is 19.5 Å². The number of likely N-dealkylation sites (N-methyl/N-ethyl adjacent to an activating group) is 2. The van der Waals surface area contributed by atoms with Crippen molar-refractivity contribution in [2.75, 3.05) is 40.8 Å². The van der Waals surface area contributed by atoms with Crippen LogP contribution in [-0.4, -0.2) is 62.4 Å². The summed E-state index contributed by atoms with van der Waals surface area (Å²) in [6.07, 6.45) is 0.874. The highest BCUT2D eigenvalue weighted by molar-refractivity contribution is 5.86. The van der Waals surface area contributed by atoms with Crippen LogP contribution in [0, 0.1) is 5.92 Å². The molecule has 0 aliphatic carbocycles. The lowest BCUT2D eigenvalue weighted by atomic mass is 10.1. The van der Waals surface area contributed by atoms with Crippen molar-refractivity contribution in [3.8, 4) is 0 Å². The fraction of sp³-hybridized carbons (Fsp3) is 0.800. The highest BCUT2D eigenvalue weighted by Gasteiger charge is 2.26. The lowest BCUT2D eigenvalue weighted by Crippen LogP contribution is -2.41. The second-order valence-corrected chi connectivity index (χ2v) is 4.17. The molecule has 1 atom stereocenters. The number of halogens is 1. The van der Waals surface area contributed by atoms with Gasteiger partial charge in [0.15, 0.2) is 0 Å². The summed E-state index contributed by atoms with van der Waals surface area (Å²) in [5.74, 6) is 0.0666. The first-order valence-electron chi connectivity index (χ1n) is 5.18. The zero-order chi connectivity index (χ0) is 11.4. The summed E-state index contributed by atoms with van der Waals surface area (Å²) in [5, 5.41) is 3.14. The molecule has 2 amide bonds. The summed E-state index contributed by atoms with van der Waals surface area (Å²) in [7, 11) is 5.07. The number of hydrogen-bond donors (Lipinski definition) is 1. The van der Waals surface area contributed by atoms with Crippen LogP contribution in [0.5, 0.6) is 0 Å². The maximum atomic E-state index is 11.8. The Hall–Kier alpha value is -0.810. The van der Waals surface area contributed by atoms with Crippen molar-refractivity contribution in [2.24, 2.45) is 5.92 Å². The zero-order valence-corrected chi connectivity index (χ0v) is 10.8. The van der Waals surface area contributed by atoms with Crippen LogP contribution in [0.3, 0.4) is 0 Å². The third kappa shape index (κ3) is 3.98. The van der Waals surface area contributed by atoms with E-state index in [-0.39, 0.29) is 36.7 Å². The van der Waals surface area contributed by atoms with Gasteiger partial charge in [0, 0.05) is 27.7 Å². The molecule has 1 aliphatic heterocycles. The average molecular weight is 250 g/mol. The predicted molar refractivity (Wildman–Crippen MR) is 64.6 cm³/mol. The highest BCUT2D eigenvalue weighted by Crippen LogP contribution is 2.10. The molecule has 1 aliphatic rings. The van der Waals surface area contributed by atoms with Crippen LogP contribution in [0.4, 0.5) is 0 Å². The highest BCUT2D eigenvalue weighted by atomic mass is 35.5. The molecule has 1 rings (SSSR count). The van der Waals surface area contributed by atoms with E-state index in [4.69, 9.17) is 0 Å². The van der Waals surface area contributed by atoms with Gasteiger partial charge in [0.05, 0.1) is 12.5 Å². The molecule has 5 nitrogen and oxygen atoms in total. The number of amides is 2. The van der Waals surface area contributed by atoms with Crippen LogP contribution in [0.1, 0.15) is 6.42 Å². The Labute approximate surface area is 103 Å². The minimum atomic E-state index is -0.0446. The standard InChI is InChI=1S/C10H19N3O2.ClH/c1-12(2)9(14)7-13(3)10(15)8-4-5-11-6-8;/h8,11H,4-7H2,1-3H3;1H. The van der Waals surface area contributed by atoms with Crippen LogP contribution in [0.15, 0.2) is 0 Å². The lowest BCUT2D eigenvalue weighted by Gasteiger charge is -2.21. The molecule has 1 unspecified atom stereocenters. The second kappa shape index (κ2) is 6.70. The maximum absolute atomic E-state index is 11.8. The van der Waals surface area contributed by atoms with Crippen molar-refractivity contribution < 1.29 is 9.59 Å². The van der Waals surface area contributed by atoms with Crippen LogP contribution >= 0.6 is 12.4 Å². The first-order chi connectivity index (χ1) is 7.02. The van der Waals surface area contributed by atoms with E-state index in [2.05, 4.69) is 5.32 Å². The number of nitrogens with one attached hydrogen (secondary N) is 1. The number of rotatable bonds is 3. The first kappa shape index (κ1) is 15.2. The van der Waals surface area contributed by atoms with Gasteiger partial charge in [-0.1, -0.05) is 0 Å². The van der Waals surface area contributed by atoms with Gasteiger partial charge >= 0.3 is 0 Å². The first-order valence-corrected chi connectivity index (χ1v) is 5.18. The van der Waals surface area contributed by atoms with Gasteiger partial charge in [0.2, 0.25) is 11.8 Å². The lowest BCUT2D eigenvalue weighted by molar-refractivity contribution is -0.140. The van der Waals surface area contributed by atoms with Gasteiger partial charge in [-0.2, -0.15) is 0 Å². The third-order valence-electron chi connectivity index (χ3n) is 2.66. The monoisotopic (exact) mass is 249 g/mol. The Morgan fingerprint density at radius 1 is 1.31 bits per heavy atom. The fourth-order valence-corrected chi connectivity index (χ4v) is 1.60. The Morgan fingerprint density at radius 3 is 2.38 bits per heavy atom. The van der Waals surface area contributed by atoms with E-state index < -0.39 is 0 Å². The minimum Gasteiger partial charge on any atom is -0.347 e. The van der Waals surface area contributed by atoms with E-state index in [9.17, 15) is 9.59 Å². The van der Waals surface area contributed by atoms with Gasteiger partial charge in [0.1, 0.15) is 0 Å².